The number of aliphatic carboxylic acids is 2. The second-order valence-corrected chi connectivity index (χ2v) is 37.7. The van der Waals surface area contributed by atoms with E-state index in [2.05, 4.69) is 115 Å². The number of fused-ring (bicyclic) bond motifs is 3. The molecule has 0 bridgehead atoms. The number of carboxylic acid groups (broad SMARTS) is 2. The molecule has 0 radical (unpaired) electrons. The molecule has 10 rings (SSSR count). The van der Waals surface area contributed by atoms with Crippen molar-refractivity contribution in [3.05, 3.63) is 108 Å². The molecule has 48 nitrogen and oxygen atoms in total. The van der Waals surface area contributed by atoms with Crippen molar-refractivity contribution in [2.75, 3.05) is 63.9 Å². The van der Waals surface area contributed by atoms with Crippen LogP contribution < -0.4 is 85.9 Å². The fourth-order valence-corrected chi connectivity index (χ4v) is 18.6. The molecule has 3 aromatic carbocycles. The number of aromatic amines is 3. The van der Waals surface area contributed by atoms with E-state index in [1.165, 1.54) is 11.8 Å². The Bertz CT molecular complexity index is 5770. The highest BCUT2D eigenvalue weighted by Gasteiger charge is 2.47. The molecule has 18 atom stereocenters. The smallest absolute Gasteiger partial charge is 0.327 e. The van der Waals surface area contributed by atoms with E-state index in [-0.39, 0.29) is 127 Å². The van der Waals surface area contributed by atoms with Gasteiger partial charge in [-0.2, -0.15) is 25.3 Å². The second kappa shape index (κ2) is 52.8. The molecule has 6 aromatic rings. The van der Waals surface area contributed by atoms with Crippen LogP contribution in [0.2, 0.25) is 0 Å². The number of amides is 19. The number of carboxylic acids is 2. The largest absolute Gasteiger partial charge is 0.481 e. The maximum absolute atomic E-state index is 14.9. The molecule has 4 aliphatic heterocycles. The highest BCUT2D eigenvalue weighted by atomic mass is 32.1. The van der Waals surface area contributed by atoms with Crippen LogP contribution in [-0.4, -0.2) is 346 Å². The highest BCUT2D eigenvalue weighted by Crippen LogP contribution is 2.29. The predicted molar refractivity (Wildman–Crippen MR) is 528 cm³/mol. The summed E-state index contributed by atoms with van der Waals surface area (Å²) in [6.07, 6.45) is 2.11. The number of likely N-dealkylation sites (tertiary alicyclic amines) is 4. The van der Waals surface area contributed by atoms with Gasteiger partial charge in [-0.05, 0) is 118 Å². The van der Waals surface area contributed by atoms with Gasteiger partial charge < -0.3 is 141 Å². The number of carbonyl (C=O) groups is 21. The van der Waals surface area contributed by atoms with Gasteiger partial charge in [0.25, 0.3) is 0 Å². The lowest BCUT2D eigenvalue weighted by Crippen LogP contribution is -2.62. The number of aromatic nitrogens is 3. The molecule has 145 heavy (non-hydrogen) atoms. The van der Waals surface area contributed by atoms with E-state index in [0.29, 0.717) is 44.9 Å². The standard InChI is InChI=1S/C95H129N23O25S2/c1-7-48(4)78(113-85(132)64(37-77(125)126)108-86(133)66(44-119)111-90(137)71-26-16-29-116(71)92(139)67(45-144)106-76(124)42-101-81(128)60(33-51-39-98-57-21-11-8-18-54(51)57)109-88(135)70-25-15-28-115(70)91(138)65(32-47(2)3)105-74(122)38-96)93(140)117-30-14-24-69(117)87(134)102-43-75(123)104-61(34-52-40-99-58-22-12-9-19-55(52)58)83(130)107-63(36-73(97)121)84(131)114-79(50(6)120)94(141)118-31-17-27-72(118)89(136)110-62(35-53-41-100-59-23-13-10-20-56(53)59)82(129)103-49(5)80(127)112-68(46-145)95(142)143/h8-13,18-23,39-41,47-50,60-72,78-79,98-100,119-120,144-145H,7,14-17,24-38,42-46,96H2,1-6H3,(H2,97,121)(H,101,128)(H,102,134)(H,103,129)(H,104,123)(H,105,122)(H,106,124)(H,107,130)(H,108,133)(H,109,135)(H,110,136)(H,111,137)(H,112,127)(H,113,132)(H,114,131)(H,125,126)(H,142,143)/t48-,49-,50+,60-,61-,62-,63-,64-,65-,66-,67-,68-,69-,70-,71-,72-,78-,79-/m0/s1. The van der Waals surface area contributed by atoms with Crippen LogP contribution >= 0.6 is 25.3 Å². The zero-order chi connectivity index (χ0) is 106. The van der Waals surface area contributed by atoms with Gasteiger partial charge in [-0.3, -0.25) is 95.9 Å². The summed E-state index contributed by atoms with van der Waals surface area (Å²) in [4.78, 5) is 306. The molecule has 0 aliphatic carbocycles. The molecule has 3 aromatic heterocycles. The normalized spacial score (nSPS) is 18.5. The lowest BCUT2D eigenvalue weighted by atomic mass is 9.96. The Morgan fingerprint density at radius 2 is 0.772 bits per heavy atom. The summed E-state index contributed by atoms with van der Waals surface area (Å²) in [5.41, 5.74) is 14.8. The number of benzene rings is 3. The van der Waals surface area contributed by atoms with Gasteiger partial charge in [0.05, 0.1) is 45.2 Å². The number of hydrogen-bond acceptors (Lipinski definition) is 26. The van der Waals surface area contributed by atoms with Crippen molar-refractivity contribution >= 4 is 182 Å². The van der Waals surface area contributed by atoms with Crippen LogP contribution in [0.5, 0.6) is 0 Å². The second-order valence-electron chi connectivity index (χ2n) is 36.9. The maximum atomic E-state index is 14.9. The summed E-state index contributed by atoms with van der Waals surface area (Å²) in [5, 5.41) is 78.4. The first-order valence-corrected chi connectivity index (χ1v) is 49.3. The zero-order valence-electron chi connectivity index (χ0n) is 81.0. The molecule has 50 heteroatoms. The summed E-state index contributed by atoms with van der Waals surface area (Å²) in [7, 11) is 0. The Morgan fingerprint density at radius 3 is 1.19 bits per heavy atom. The molecule has 4 aliphatic rings. The molecule has 0 saturated carbocycles. The van der Waals surface area contributed by atoms with E-state index in [9.17, 15) is 121 Å². The summed E-state index contributed by atoms with van der Waals surface area (Å²) in [6, 6.07) is -2.90. The number of primary amides is 1. The first-order chi connectivity index (χ1) is 69.1. The van der Waals surface area contributed by atoms with Gasteiger partial charge in [-0.1, -0.05) is 88.7 Å². The number of para-hydroxylation sites is 3. The van der Waals surface area contributed by atoms with Crippen LogP contribution in [0.3, 0.4) is 0 Å². The van der Waals surface area contributed by atoms with Gasteiger partial charge in [0.2, 0.25) is 112 Å². The average molecular weight is 2060 g/mol. The number of aliphatic hydroxyl groups excluding tert-OH is 2. The average Bonchev–Trinajstić information content (AvgIpc) is 1.68. The molecule has 0 spiro atoms. The van der Waals surface area contributed by atoms with Crippen LogP contribution in [0.25, 0.3) is 32.7 Å². The minimum absolute atomic E-state index is 0.00167. The number of thiol groups is 2. The Balaban J connectivity index is 0.744. The Morgan fingerprint density at radius 1 is 0.407 bits per heavy atom. The minimum Gasteiger partial charge on any atom is -0.481 e. The highest BCUT2D eigenvalue weighted by molar-refractivity contribution is 7.80. The quantitative estimate of drug-likeness (QED) is 0.0159. The third-order valence-electron chi connectivity index (χ3n) is 26.0. The number of hydrogen-bond donors (Lipinski definition) is 25. The maximum Gasteiger partial charge on any atom is 0.327 e. The Hall–Kier alpha value is -14.3. The first-order valence-electron chi connectivity index (χ1n) is 48.0. The fourth-order valence-electron chi connectivity index (χ4n) is 18.1. The summed E-state index contributed by atoms with van der Waals surface area (Å²) in [5.74, 6) is -22.2. The van der Waals surface area contributed by atoms with Crippen LogP contribution in [0.4, 0.5) is 0 Å². The van der Waals surface area contributed by atoms with Crippen molar-refractivity contribution in [3.8, 4) is 0 Å². The molecule has 786 valence electrons. The fraction of sp³-hybridized carbons (Fsp3) is 0.526. The molecule has 25 N–H and O–H groups in total. The van der Waals surface area contributed by atoms with E-state index in [0.717, 1.165) is 32.5 Å². The number of nitrogens with one attached hydrogen (secondary N) is 17. The molecular formula is C95H129N23O25S2. The van der Waals surface area contributed by atoms with Gasteiger partial charge in [0.1, 0.15) is 96.7 Å². The van der Waals surface area contributed by atoms with Crippen molar-refractivity contribution in [3.63, 3.8) is 0 Å². The number of H-pyrrole nitrogens is 3. The Kier molecular flexibility index (Phi) is 41.1. The minimum atomic E-state index is -2.01. The summed E-state index contributed by atoms with van der Waals surface area (Å²) >= 11 is 8.29. The predicted octanol–water partition coefficient (Wildman–Crippen LogP) is -5.09. The van der Waals surface area contributed by atoms with E-state index in [1.54, 1.807) is 99.2 Å². The number of carbonyl (C=O) groups excluding carboxylic acids is 19. The van der Waals surface area contributed by atoms with Gasteiger partial charge >= 0.3 is 11.9 Å². The van der Waals surface area contributed by atoms with Gasteiger partial charge in [0.15, 0.2) is 0 Å². The van der Waals surface area contributed by atoms with E-state index in [4.69, 9.17) is 11.5 Å². The molecule has 7 heterocycles. The van der Waals surface area contributed by atoms with Crippen molar-refractivity contribution in [2.24, 2.45) is 23.3 Å². The van der Waals surface area contributed by atoms with Crippen LogP contribution in [0, 0.1) is 11.8 Å². The third kappa shape index (κ3) is 30.0. The first kappa shape index (κ1) is 113. The number of nitrogens with zero attached hydrogens (tertiary/aromatic N) is 4. The van der Waals surface area contributed by atoms with Crippen molar-refractivity contribution < 1.29 is 121 Å². The Labute approximate surface area is 843 Å². The molecule has 19 amide bonds. The molecule has 4 saturated heterocycles. The number of aliphatic hydroxyl groups is 2. The van der Waals surface area contributed by atoms with Crippen LogP contribution in [-0.2, 0) is 120 Å². The van der Waals surface area contributed by atoms with Gasteiger partial charge in [-0.25, -0.2) is 4.79 Å². The zero-order valence-corrected chi connectivity index (χ0v) is 82.8. The van der Waals surface area contributed by atoms with Gasteiger partial charge in [-0.15, -0.1) is 0 Å². The molecule has 4 fully saturated rings. The summed E-state index contributed by atoms with van der Waals surface area (Å²) in [6.45, 7) is 6.14. The van der Waals surface area contributed by atoms with Crippen LogP contribution in [0.1, 0.15) is 135 Å². The summed E-state index contributed by atoms with van der Waals surface area (Å²) < 4.78 is 0. The van der Waals surface area contributed by atoms with Gasteiger partial charge in [0, 0.05) is 108 Å². The number of rotatable bonds is 51. The number of nitrogens with two attached hydrogens (primary N) is 2. The third-order valence-corrected chi connectivity index (χ3v) is 26.7. The van der Waals surface area contributed by atoms with Crippen molar-refractivity contribution in [2.45, 2.75) is 241 Å². The van der Waals surface area contributed by atoms with Crippen molar-refractivity contribution in [1.29, 1.82) is 0 Å². The molecular weight excluding hydrogens is 1930 g/mol. The van der Waals surface area contributed by atoms with E-state index >= 15 is 0 Å². The topological polar surface area (TPSA) is 720 Å². The van der Waals surface area contributed by atoms with Crippen LogP contribution in [0.15, 0.2) is 91.4 Å². The SMILES string of the molecule is CC[C@H](C)[C@H](NC(=O)[C@H](CC(=O)O)NC(=O)[C@H](CO)NC(=O)[C@@H]1CCCN1C(=O)[C@H](CS)NC(=O)CNC(=O)[C@H](Cc1c[nH]c2ccccc12)NC(=O)[C@@H]1CCCN1C(=O)[C@H](CC(C)C)NC(=O)CN)C(=O)N1CCC[C@H]1C(=O)NCC(=O)N[C@@H](Cc1c[nH]c2ccccc12)C(=O)N[C@@H](CC(N)=O)C(=O)N[C@H](C(=O)N1CCC[C@H]1C(=O)N[C@@H](Cc1c[nH]c2ccccc12)C(=O)N[C@@H](C)C(=O)N[C@@H](CS)C(=O)O)[C@@H](C)O. The van der Waals surface area contributed by atoms with E-state index in [1.807, 2.05) is 19.9 Å². The lowest BCUT2D eigenvalue weighted by Gasteiger charge is -2.32. The molecule has 0 unspecified atom stereocenters. The van der Waals surface area contributed by atoms with Crippen molar-refractivity contribution in [1.82, 2.24) is 109 Å². The van der Waals surface area contributed by atoms with E-state index < -0.39 is 265 Å². The lowest BCUT2D eigenvalue weighted by molar-refractivity contribution is -0.145. The monoisotopic (exact) mass is 2060 g/mol.